The average Bonchev–Trinajstić information content (AvgIpc) is 2.95. The summed E-state index contributed by atoms with van der Waals surface area (Å²) in [4.78, 5) is 67.5. The Balaban J connectivity index is 1.84. The molecule has 2 rings (SSSR count). The van der Waals surface area contributed by atoms with E-state index in [4.69, 9.17) is 0 Å². The predicted molar refractivity (Wildman–Crippen MR) is 168 cm³/mol. The molecule has 42 heavy (non-hydrogen) atoms. The molecule has 2 aromatic rings. The van der Waals surface area contributed by atoms with Crippen molar-refractivity contribution in [1.82, 2.24) is 24.0 Å². The lowest BCUT2D eigenvalue weighted by Gasteiger charge is -2.24. The van der Waals surface area contributed by atoms with Crippen LogP contribution in [0.4, 0.5) is 0 Å². The van der Waals surface area contributed by atoms with Crippen LogP contribution in [0.2, 0.25) is 0 Å². The van der Waals surface area contributed by atoms with Gasteiger partial charge in [0, 0.05) is 56.1 Å². The van der Waals surface area contributed by atoms with E-state index in [2.05, 4.69) is 23.8 Å². The fourth-order valence-electron chi connectivity index (χ4n) is 5.22. The van der Waals surface area contributed by atoms with Crippen LogP contribution < -0.4 is 22.5 Å². The van der Waals surface area contributed by atoms with Gasteiger partial charge >= 0.3 is 11.4 Å². The molecule has 236 valence electrons. The van der Waals surface area contributed by atoms with Crippen LogP contribution in [0.25, 0.3) is 0 Å². The van der Waals surface area contributed by atoms with Gasteiger partial charge in [-0.05, 0) is 26.2 Å². The van der Waals surface area contributed by atoms with Crippen molar-refractivity contribution in [2.45, 2.75) is 131 Å². The van der Waals surface area contributed by atoms with Crippen molar-refractivity contribution in [3.8, 4) is 0 Å². The monoisotopic (exact) mass is 587 g/mol. The molecule has 1 atom stereocenters. The van der Waals surface area contributed by atoms with Crippen LogP contribution in [0.5, 0.6) is 0 Å². The van der Waals surface area contributed by atoms with E-state index in [0.29, 0.717) is 23.5 Å². The minimum absolute atomic E-state index is 0.0378. The van der Waals surface area contributed by atoms with Crippen molar-refractivity contribution in [3.05, 3.63) is 65.2 Å². The van der Waals surface area contributed by atoms with Gasteiger partial charge in [-0.1, -0.05) is 90.9 Å². The van der Waals surface area contributed by atoms with E-state index in [1.165, 1.54) is 92.2 Å². The van der Waals surface area contributed by atoms with Gasteiger partial charge < -0.3 is 4.90 Å². The number of rotatable bonds is 21. The van der Waals surface area contributed by atoms with Crippen molar-refractivity contribution < 1.29 is 4.79 Å². The number of unbranched alkanes of at least 4 members (excludes halogenated alkanes) is 10. The van der Waals surface area contributed by atoms with E-state index in [1.54, 1.807) is 18.7 Å². The zero-order valence-corrected chi connectivity index (χ0v) is 26.3. The molecule has 2 N–H and O–H groups in total. The molecule has 2 heterocycles. The maximum absolute atomic E-state index is 13.3. The van der Waals surface area contributed by atoms with E-state index in [0.717, 1.165) is 12.8 Å². The summed E-state index contributed by atoms with van der Waals surface area (Å²) < 4.78 is 2.78. The van der Waals surface area contributed by atoms with Crippen molar-refractivity contribution in [3.63, 3.8) is 0 Å². The van der Waals surface area contributed by atoms with Gasteiger partial charge in [-0.2, -0.15) is 0 Å². The largest absolute Gasteiger partial charge is 0.339 e. The lowest BCUT2D eigenvalue weighted by Crippen LogP contribution is -2.41. The highest BCUT2D eigenvalue weighted by Gasteiger charge is 2.16. The number of aromatic nitrogens is 4. The number of hydrogen-bond donors (Lipinski definition) is 2. The molecule has 0 spiro atoms. The molecule has 0 radical (unpaired) electrons. The normalized spacial score (nSPS) is 12.0. The highest BCUT2D eigenvalue weighted by Crippen LogP contribution is 2.18. The van der Waals surface area contributed by atoms with E-state index in [-0.39, 0.29) is 32.1 Å². The minimum Gasteiger partial charge on any atom is -0.339 e. The molecule has 0 fully saturated rings. The van der Waals surface area contributed by atoms with Gasteiger partial charge in [-0.15, -0.1) is 0 Å². The number of nitrogens with one attached hydrogen (secondary N) is 2. The van der Waals surface area contributed by atoms with Crippen molar-refractivity contribution >= 4 is 5.91 Å². The molecular formula is C32H53N5O5. The Bertz CT molecular complexity index is 1240. The molecule has 0 aliphatic carbocycles. The molecule has 10 nitrogen and oxygen atoms in total. The number of amides is 1. The average molecular weight is 588 g/mol. The molecule has 0 bridgehead atoms. The van der Waals surface area contributed by atoms with Crippen LogP contribution in [0.15, 0.2) is 31.6 Å². The maximum Gasteiger partial charge on any atom is 0.328 e. The Morgan fingerprint density at radius 3 is 1.60 bits per heavy atom. The number of carbonyl (C=O) groups is 1. The minimum atomic E-state index is -0.522. The Labute approximate surface area is 249 Å². The van der Waals surface area contributed by atoms with Gasteiger partial charge in [0.15, 0.2) is 0 Å². The molecule has 0 saturated heterocycles. The van der Waals surface area contributed by atoms with Crippen LogP contribution in [-0.4, -0.2) is 43.0 Å². The Hall–Kier alpha value is -3.17. The zero-order valence-electron chi connectivity index (χ0n) is 26.3. The smallest absolute Gasteiger partial charge is 0.328 e. The topological polar surface area (TPSA) is 130 Å². The van der Waals surface area contributed by atoms with E-state index in [1.807, 2.05) is 0 Å². The third-order valence-corrected chi connectivity index (χ3v) is 8.10. The van der Waals surface area contributed by atoms with Crippen LogP contribution >= 0.6 is 0 Å². The number of nitrogens with zero attached hydrogens (tertiary/aromatic N) is 3. The number of aromatic amines is 2. The number of H-pyrrole nitrogens is 2. The molecule has 10 heteroatoms. The zero-order chi connectivity index (χ0) is 30.9. The first kappa shape index (κ1) is 35.0. The van der Waals surface area contributed by atoms with Gasteiger partial charge in [0.05, 0.1) is 0 Å². The first-order valence-corrected chi connectivity index (χ1v) is 16.0. The van der Waals surface area contributed by atoms with Crippen LogP contribution in [0.1, 0.15) is 115 Å². The first-order valence-electron chi connectivity index (χ1n) is 16.0. The van der Waals surface area contributed by atoms with Crippen molar-refractivity contribution in [1.29, 1.82) is 0 Å². The Kier molecular flexibility index (Phi) is 15.9. The van der Waals surface area contributed by atoms with E-state index >= 15 is 0 Å². The highest BCUT2D eigenvalue weighted by molar-refractivity contribution is 5.76. The summed E-state index contributed by atoms with van der Waals surface area (Å²) in [6, 6.07) is 0. The number of hydrogen-bond acceptors (Lipinski definition) is 5. The molecule has 0 aromatic carbocycles. The third-order valence-electron chi connectivity index (χ3n) is 8.10. The standard InChI is InChI=1S/C32H53N5O5/c1-5-6-7-8-9-10-11-12-13-14-15-16-25(2)17-18-28(38)35(19-21-36-23-26(3)29(39)33-31(36)41)20-22-37-24-27(4)30(40)34-32(37)42/h23-25H,5-22H2,1-4H3,(H,33,39,41)(H,34,40,42). The van der Waals surface area contributed by atoms with Crippen molar-refractivity contribution in [2.24, 2.45) is 5.92 Å². The fraction of sp³-hybridized carbons (Fsp3) is 0.719. The lowest BCUT2D eigenvalue weighted by molar-refractivity contribution is -0.131. The summed E-state index contributed by atoms with van der Waals surface area (Å²) in [5.41, 5.74) is -1.07. The fourth-order valence-corrected chi connectivity index (χ4v) is 5.22. The summed E-state index contributed by atoms with van der Waals surface area (Å²) in [7, 11) is 0. The molecule has 2 aromatic heterocycles. The second-order valence-electron chi connectivity index (χ2n) is 11.9. The quantitative estimate of drug-likeness (QED) is 0.205. The van der Waals surface area contributed by atoms with Gasteiger partial charge in [-0.3, -0.25) is 33.5 Å². The van der Waals surface area contributed by atoms with Crippen LogP contribution in [0, 0.1) is 19.8 Å². The van der Waals surface area contributed by atoms with E-state index in [9.17, 15) is 24.0 Å². The van der Waals surface area contributed by atoms with Crippen LogP contribution in [-0.2, 0) is 17.9 Å². The number of aryl methyl sites for hydroxylation is 2. The summed E-state index contributed by atoms with van der Waals surface area (Å²) in [6.07, 6.45) is 19.7. The molecule has 0 saturated carbocycles. The summed E-state index contributed by atoms with van der Waals surface area (Å²) in [5, 5.41) is 0. The lowest BCUT2D eigenvalue weighted by atomic mass is 9.97. The maximum atomic E-state index is 13.3. The number of carbonyl (C=O) groups excluding carboxylic acids is 1. The molecule has 1 amide bonds. The highest BCUT2D eigenvalue weighted by atomic mass is 16.2. The van der Waals surface area contributed by atoms with E-state index < -0.39 is 22.5 Å². The summed E-state index contributed by atoms with van der Waals surface area (Å²) in [6.45, 7) is 8.65. The second-order valence-corrected chi connectivity index (χ2v) is 11.9. The van der Waals surface area contributed by atoms with Gasteiger partial charge in [-0.25, -0.2) is 9.59 Å². The molecule has 0 aliphatic heterocycles. The summed E-state index contributed by atoms with van der Waals surface area (Å²) in [5.74, 6) is 0.396. The van der Waals surface area contributed by atoms with Gasteiger partial charge in [0.2, 0.25) is 5.91 Å². The summed E-state index contributed by atoms with van der Waals surface area (Å²) >= 11 is 0. The SMILES string of the molecule is CCCCCCCCCCCCCC(C)CCC(=O)N(CCn1cc(C)c(=O)[nH]c1=O)CCn1cc(C)c(=O)[nH]c1=O. The predicted octanol–water partition coefficient (Wildman–Crippen LogP) is 4.65. The van der Waals surface area contributed by atoms with Gasteiger partial charge in [0.25, 0.3) is 11.1 Å². The van der Waals surface area contributed by atoms with Gasteiger partial charge in [0.1, 0.15) is 0 Å². The van der Waals surface area contributed by atoms with Crippen molar-refractivity contribution in [2.75, 3.05) is 13.1 Å². The molecule has 1 unspecified atom stereocenters. The Morgan fingerprint density at radius 2 is 1.14 bits per heavy atom. The second kappa shape index (κ2) is 19.1. The molecule has 0 aliphatic rings. The first-order chi connectivity index (χ1) is 20.1. The molecular weight excluding hydrogens is 534 g/mol. The van der Waals surface area contributed by atoms with Crippen LogP contribution in [0.3, 0.4) is 0 Å². The Morgan fingerprint density at radius 1 is 0.714 bits per heavy atom. The third kappa shape index (κ3) is 12.8.